The van der Waals surface area contributed by atoms with Crippen LogP contribution in [0.1, 0.15) is 12.5 Å². The van der Waals surface area contributed by atoms with E-state index in [1.807, 2.05) is 12.1 Å². The fourth-order valence-corrected chi connectivity index (χ4v) is 2.76. The maximum absolute atomic E-state index is 9.49. The van der Waals surface area contributed by atoms with E-state index in [1.165, 1.54) is 5.56 Å². The number of fused-ring (bicyclic) bond motifs is 1. The van der Waals surface area contributed by atoms with E-state index in [2.05, 4.69) is 23.2 Å². The summed E-state index contributed by atoms with van der Waals surface area (Å²) in [5.74, 6) is 1.64. The number of nitrogens with one attached hydrogen (secondary N) is 1. The van der Waals surface area contributed by atoms with Crippen LogP contribution in [0.15, 0.2) is 18.2 Å². The summed E-state index contributed by atoms with van der Waals surface area (Å²) in [6, 6.07) is 6.64. The van der Waals surface area contributed by atoms with Crippen molar-refractivity contribution in [1.29, 1.82) is 0 Å². The zero-order valence-corrected chi connectivity index (χ0v) is 11.1. The lowest BCUT2D eigenvalue weighted by Crippen LogP contribution is -2.57. The summed E-state index contributed by atoms with van der Waals surface area (Å²) in [7, 11) is 0. The molecule has 1 saturated heterocycles. The summed E-state index contributed by atoms with van der Waals surface area (Å²) in [5.41, 5.74) is 1.19. The van der Waals surface area contributed by atoms with Crippen LogP contribution in [-0.4, -0.2) is 48.6 Å². The minimum Gasteiger partial charge on any atom is -0.454 e. The van der Waals surface area contributed by atoms with Crippen LogP contribution in [0.25, 0.3) is 0 Å². The Morgan fingerprint density at radius 1 is 1.32 bits per heavy atom. The Kier molecular flexibility index (Phi) is 3.59. The third kappa shape index (κ3) is 2.54. The number of aliphatic hydroxyl groups is 1. The number of hydrogen-bond acceptors (Lipinski definition) is 5. The van der Waals surface area contributed by atoms with E-state index in [0.29, 0.717) is 12.8 Å². The second-order valence-corrected chi connectivity index (χ2v) is 5.20. The zero-order valence-electron chi connectivity index (χ0n) is 11.1. The van der Waals surface area contributed by atoms with Crippen molar-refractivity contribution in [3.8, 4) is 11.5 Å². The number of rotatable bonds is 3. The molecule has 2 atom stereocenters. The molecule has 19 heavy (non-hydrogen) atoms. The van der Waals surface area contributed by atoms with E-state index >= 15 is 0 Å². The van der Waals surface area contributed by atoms with Gasteiger partial charge in [0.05, 0.1) is 6.61 Å². The molecule has 2 aliphatic heterocycles. The predicted molar refractivity (Wildman–Crippen MR) is 71.3 cm³/mol. The van der Waals surface area contributed by atoms with Gasteiger partial charge in [-0.3, -0.25) is 4.90 Å². The number of nitrogens with zero attached hydrogens (tertiary/aromatic N) is 1. The zero-order chi connectivity index (χ0) is 13.2. The molecule has 0 bridgehead atoms. The van der Waals surface area contributed by atoms with Crippen LogP contribution in [0.2, 0.25) is 0 Å². The van der Waals surface area contributed by atoms with Crippen LogP contribution in [0.4, 0.5) is 0 Å². The largest absolute Gasteiger partial charge is 0.454 e. The van der Waals surface area contributed by atoms with Gasteiger partial charge in [-0.25, -0.2) is 0 Å². The molecule has 1 aromatic carbocycles. The molecule has 1 aromatic rings. The van der Waals surface area contributed by atoms with Crippen LogP contribution < -0.4 is 14.8 Å². The molecule has 1 fully saturated rings. The van der Waals surface area contributed by atoms with Crippen molar-refractivity contribution in [3.05, 3.63) is 23.8 Å². The highest BCUT2D eigenvalue weighted by Gasteiger charge is 2.27. The van der Waals surface area contributed by atoms with Crippen LogP contribution >= 0.6 is 0 Å². The monoisotopic (exact) mass is 264 g/mol. The van der Waals surface area contributed by atoms with Gasteiger partial charge < -0.3 is 19.9 Å². The number of hydrogen-bond donors (Lipinski definition) is 2. The summed E-state index contributed by atoms with van der Waals surface area (Å²) < 4.78 is 10.7. The second kappa shape index (κ2) is 5.36. The molecule has 2 aliphatic rings. The lowest BCUT2D eigenvalue weighted by atomic mass is 10.1. The Hall–Kier alpha value is -1.30. The third-order valence-electron chi connectivity index (χ3n) is 3.87. The minimum absolute atomic E-state index is 0.175. The molecule has 2 heterocycles. The number of benzene rings is 1. The first-order valence-corrected chi connectivity index (χ1v) is 6.74. The van der Waals surface area contributed by atoms with Crippen molar-refractivity contribution in [3.63, 3.8) is 0 Å². The molecule has 0 aromatic heterocycles. The van der Waals surface area contributed by atoms with Gasteiger partial charge in [-0.1, -0.05) is 6.07 Å². The summed E-state index contributed by atoms with van der Waals surface area (Å²) in [4.78, 5) is 2.34. The quantitative estimate of drug-likeness (QED) is 0.836. The Morgan fingerprint density at radius 2 is 2.16 bits per heavy atom. The van der Waals surface area contributed by atoms with Gasteiger partial charge in [0.25, 0.3) is 0 Å². The predicted octanol–water partition coefficient (Wildman–Crippen LogP) is 0.570. The Morgan fingerprint density at radius 3 is 3.00 bits per heavy atom. The molecule has 0 radical (unpaired) electrons. The maximum atomic E-state index is 9.49. The van der Waals surface area contributed by atoms with E-state index in [9.17, 15) is 5.11 Å². The van der Waals surface area contributed by atoms with Gasteiger partial charge in [-0.15, -0.1) is 0 Å². The topological polar surface area (TPSA) is 54.0 Å². The summed E-state index contributed by atoms with van der Waals surface area (Å²) >= 11 is 0. The van der Waals surface area contributed by atoms with Crippen molar-refractivity contribution in [2.75, 3.05) is 26.5 Å². The number of ether oxygens (including phenoxy) is 2. The highest BCUT2D eigenvalue weighted by Crippen LogP contribution is 2.33. The smallest absolute Gasteiger partial charge is 0.231 e. The van der Waals surface area contributed by atoms with Crippen LogP contribution in [0.3, 0.4) is 0 Å². The van der Waals surface area contributed by atoms with Crippen LogP contribution in [0, 0.1) is 0 Å². The average Bonchev–Trinajstić information content (AvgIpc) is 2.88. The highest BCUT2D eigenvalue weighted by molar-refractivity contribution is 5.44. The van der Waals surface area contributed by atoms with Crippen LogP contribution in [0.5, 0.6) is 11.5 Å². The van der Waals surface area contributed by atoms with Gasteiger partial charge in [-0.2, -0.15) is 0 Å². The fourth-order valence-electron chi connectivity index (χ4n) is 2.76. The fraction of sp³-hybridized carbons (Fsp3) is 0.571. The van der Waals surface area contributed by atoms with Gasteiger partial charge in [0.2, 0.25) is 6.79 Å². The van der Waals surface area contributed by atoms with E-state index in [4.69, 9.17) is 9.47 Å². The van der Waals surface area contributed by atoms with E-state index in [1.54, 1.807) is 0 Å². The Labute approximate surface area is 113 Å². The van der Waals surface area contributed by atoms with Crippen molar-refractivity contribution in [2.24, 2.45) is 0 Å². The standard InChI is InChI=1S/C14H20N2O3/c1-10-5-15-6-12(8-17)16(10)7-11-2-3-13-14(4-11)19-9-18-13/h2-4,10,12,15,17H,5-9H2,1H3. The molecule has 0 spiro atoms. The van der Waals surface area contributed by atoms with Crippen molar-refractivity contribution < 1.29 is 14.6 Å². The van der Waals surface area contributed by atoms with E-state index in [-0.39, 0.29) is 12.6 Å². The van der Waals surface area contributed by atoms with Crippen molar-refractivity contribution >= 4 is 0 Å². The number of aliphatic hydroxyl groups excluding tert-OH is 1. The summed E-state index contributed by atoms with van der Waals surface area (Å²) in [6.45, 7) is 5.29. The maximum Gasteiger partial charge on any atom is 0.231 e. The molecular formula is C14H20N2O3. The lowest BCUT2D eigenvalue weighted by molar-refractivity contribution is 0.0564. The third-order valence-corrected chi connectivity index (χ3v) is 3.87. The van der Waals surface area contributed by atoms with E-state index < -0.39 is 0 Å². The molecule has 5 nitrogen and oxygen atoms in total. The Bertz CT molecular complexity index is 452. The van der Waals surface area contributed by atoms with Crippen molar-refractivity contribution in [1.82, 2.24) is 10.2 Å². The first-order valence-electron chi connectivity index (χ1n) is 6.74. The molecule has 3 rings (SSSR count). The summed E-state index contributed by atoms with van der Waals surface area (Å²) in [6.07, 6.45) is 0. The molecule has 0 amide bonds. The first kappa shape index (κ1) is 12.7. The Balaban J connectivity index is 1.75. The van der Waals surface area contributed by atoms with Gasteiger partial charge in [0.1, 0.15) is 0 Å². The average molecular weight is 264 g/mol. The molecule has 0 saturated carbocycles. The van der Waals surface area contributed by atoms with Gasteiger partial charge in [0.15, 0.2) is 11.5 Å². The molecule has 2 unspecified atom stereocenters. The van der Waals surface area contributed by atoms with E-state index in [0.717, 1.165) is 31.1 Å². The first-order chi connectivity index (χ1) is 9.28. The minimum atomic E-state index is 0.175. The van der Waals surface area contributed by atoms with Crippen LogP contribution in [-0.2, 0) is 6.54 Å². The molecular weight excluding hydrogens is 244 g/mol. The lowest BCUT2D eigenvalue weighted by Gasteiger charge is -2.40. The second-order valence-electron chi connectivity index (χ2n) is 5.20. The van der Waals surface area contributed by atoms with Gasteiger partial charge in [0, 0.05) is 31.7 Å². The SMILES string of the molecule is CC1CNCC(CO)N1Cc1ccc2c(c1)OCO2. The van der Waals surface area contributed by atoms with Gasteiger partial charge >= 0.3 is 0 Å². The molecule has 0 aliphatic carbocycles. The van der Waals surface area contributed by atoms with Crippen molar-refractivity contribution in [2.45, 2.75) is 25.6 Å². The molecule has 104 valence electrons. The van der Waals surface area contributed by atoms with Gasteiger partial charge in [-0.05, 0) is 24.6 Å². The molecule has 2 N–H and O–H groups in total. The number of piperazine rings is 1. The summed E-state index contributed by atoms with van der Waals surface area (Å²) in [5, 5.41) is 12.8. The normalized spacial score (nSPS) is 26.6. The molecule has 5 heteroatoms. The highest BCUT2D eigenvalue weighted by atomic mass is 16.7.